The zero-order chi connectivity index (χ0) is 17.5. The van der Waals surface area contributed by atoms with Crippen LogP contribution in [-0.4, -0.2) is 17.1 Å². The van der Waals surface area contributed by atoms with Crippen molar-refractivity contribution in [1.29, 1.82) is 0 Å². The minimum atomic E-state index is -0.204. The molecule has 0 saturated carbocycles. The lowest BCUT2D eigenvalue weighted by molar-refractivity contribution is -0.120. The number of anilines is 1. The highest BCUT2D eigenvalue weighted by atomic mass is 35.5. The second-order valence-electron chi connectivity index (χ2n) is 5.31. The van der Waals surface area contributed by atoms with E-state index in [-0.39, 0.29) is 17.1 Å². The first-order chi connectivity index (χ1) is 11.4. The SMILES string of the molecule is CC(=O)Nc1ccc(CNC(=O)C(C)Sc2ccc(Cl)cc2)cc1. The maximum atomic E-state index is 12.2. The van der Waals surface area contributed by atoms with Crippen LogP contribution in [0.25, 0.3) is 0 Å². The van der Waals surface area contributed by atoms with Gasteiger partial charge in [0.25, 0.3) is 0 Å². The molecule has 4 nitrogen and oxygen atoms in total. The Kier molecular flexibility index (Phi) is 6.70. The van der Waals surface area contributed by atoms with Crippen LogP contribution in [0.3, 0.4) is 0 Å². The minimum absolute atomic E-state index is 0.0270. The molecule has 126 valence electrons. The van der Waals surface area contributed by atoms with Crippen LogP contribution in [0.1, 0.15) is 19.4 Å². The molecule has 0 fully saturated rings. The van der Waals surface area contributed by atoms with Gasteiger partial charge in [-0.1, -0.05) is 23.7 Å². The molecule has 0 aromatic heterocycles. The van der Waals surface area contributed by atoms with Crippen molar-refractivity contribution in [2.45, 2.75) is 30.5 Å². The number of carbonyl (C=O) groups is 2. The Hall–Kier alpha value is -1.98. The average molecular weight is 363 g/mol. The van der Waals surface area contributed by atoms with Crippen LogP contribution in [-0.2, 0) is 16.1 Å². The van der Waals surface area contributed by atoms with Gasteiger partial charge in [-0.05, 0) is 48.9 Å². The molecule has 0 saturated heterocycles. The molecule has 2 aromatic rings. The van der Waals surface area contributed by atoms with Crippen LogP contribution in [0.15, 0.2) is 53.4 Å². The van der Waals surface area contributed by atoms with Crippen molar-refractivity contribution in [3.05, 3.63) is 59.1 Å². The molecule has 0 bridgehead atoms. The van der Waals surface area contributed by atoms with Crippen LogP contribution in [0.5, 0.6) is 0 Å². The zero-order valence-electron chi connectivity index (χ0n) is 13.5. The lowest BCUT2D eigenvalue weighted by Gasteiger charge is -2.12. The van der Waals surface area contributed by atoms with Gasteiger partial charge in [-0.25, -0.2) is 0 Å². The number of halogens is 1. The third kappa shape index (κ3) is 5.91. The topological polar surface area (TPSA) is 58.2 Å². The monoisotopic (exact) mass is 362 g/mol. The normalized spacial score (nSPS) is 11.6. The van der Waals surface area contributed by atoms with E-state index >= 15 is 0 Å². The molecule has 2 rings (SSSR count). The summed E-state index contributed by atoms with van der Waals surface area (Å²) in [5, 5.41) is 6.10. The van der Waals surface area contributed by atoms with Gasteiger partial charge in [0.2, 0.25) is 11.8 Å². The molecule has 6 heteroatoms. The van der Waals surface area contributed by atoms with Crippen molar-refractivity contribution < 1.29 is 9.59 Å². The Balaban J connectivity index is 1.83. The maximum Gasteiger partial charge on any atom is 0.233 e. The Bertz CT molecular complexity index is 702. The standard InChI is InChI=1S/C18H19ClN2O2S/c1-12(24-17-9-5-15(19)6-10-17)18(23)20-11-14-3-7-16(8-4-14)21-13(2)22/h3-10,12H,11H2,1-2H3,(H,20,23)(H,21,22). The summed E-state index contributed by atoms with van der Waals surface area (Å²) in [6.07, 6.45) is 0. The Morgan fingerprint density at radius 1 is 1.08 bits per heavy atom. The Labute approximate surface area is 151 Å². The van der Waals surface area contributed by atoms with E-state index < -0.39 is 0 Å². The third-order valence-corrected chi connectivity index (χ3v) is 4.60. The average Bonchev–Trinajstić information content (AvgIpc) is 2.55. The number of hydrogen-bond donors (Lipinski definition) is 2. The van der Waals surface area contributed by atoms with Crippen LogP contribution < -0.4 is 10.6 Å². The van der Waals surface area contributed by atoms with E-state index in [4.69, 9.17) is 11.6 Å². The van der Waals surface area contributed by atoms with E-state index in [0.29, 0.717) is 11.6 Å². The summed E-state index contributed by atoms with van der Waals surface area (Å²) in [6, 6.07) is 14.8. The largest absolute Gasteiger partial charge is 0.351 e. The predicted octanol–water partition coefficient (Wildman–Crippen LogP) is 4.10. The van der Waals surface area contributed by atoms with Gasteiger partial charge in [0, 0.05) is 29.1 Å². The number of nitrogens with one attached hydrogen (secondary N) is 2. The molecule has 0 heterocycles. The first kappa shape index (κ1) is 18.4. The van der Waals surface area contributed by atoms with Crippen LogP contribution >= 0.6 is 23.4 Å². The van der Waals surface area contributed by atoms with E-state index in [1.165, 1.54) is 18.7 Å². The predicted molar refractivity (Wildman–Crippen MR) is 99.4 cm³/mol. The second kappa shape index (κ2) is 8.76. The van der Waals surface area contributed by atoms with Gasteiger partial charge in [0.1, 0.15) is 0 Å². The lowest BCUT2D eigenvalue weighted by atomic mass is 10.2. The summed E-state index contributed by atoms with van der Waals surface area (Å²) in [5.41, 5.74) is 1.71. The highest BCUT2D eigenvalue weighted by molar-refractivity contribution is 8.00. The smallest absolute Gasteiger partial charge is 0.233 e. The number of carbonyl (C=O) groups excluding carboxylic acids is 2. The number of hydrogen-bond acceptors (Lipinski definition) is 3. The first-order valence-electron chi connectivity index (χ1n) is 7.50. The summed E-state index contributed by atoms with van der Waals surface area (Å²) in [6.45, 7) is 3.78. The number of benzene rings is 2. The van der Waals surface area contributed by atoms with Gasteiger partial charge in [-0.15, -0.1) is 11.8 Å². The fourth-order valence-electron chi connectivity index (χ4n) is 2.01. The van der Waals surface area contributed by atoms with E-state index in [1.54, 1.807) is 0 Å². The summed E-state index contributed by atoms with van der Waals surface area (Å²) >= 11 is 7.34. The van der Waals surface area contributed by atoms with Gasteiger partial charge in [-0.3, -0.25) is 9.59 Å². The van der Waals surface area contributed by atoms with Gasteiger partial charge in [0.05, 0.1) is 5.25 Å². The van der Waals surface area contributed by atoms with Gasteiger partial charge < -0.3 is 10.6 Å². The van der Waals surface area contributed by atoms with Crippen molar-refractivity contribution >= 4 is 40.9 Å². The third-order valence-electron chi connectivity index (χ3n) is 3.24. The minimum Gasteiger partial charge on any atom is -0.351 e. The van der Waals surface area contributed by atoms with Crippen molar-refractivity contribution in [2.24, 2.45) is 0 Å². The first-order valence-corrected chi connectivity index (χ1v) is 8.76. The molecular formula is C18H19ClN2O2S. The molecule has 24 heavy (non-hydrogen) atoms. The van der Waals surface area contributed by atoms with Crippen LogP contribution in [0, 0.1) is 0 Å². The summed E-state index contributed by atoms with van der Waals surface area (Å²) in [7, 11) is 0. The summed E-state index contributed by atoms with van der Waals surface area (Å²) in [4.78, 5) is 24.2. The number of amides is 2. The van der Waals surface area contributed by atoms with Gasteiger partial charge in [0.15, 0.2) is 0 Å². The molecule has 0 radical (unpaired) electrons. The van der Waals surface area contributed by atoms with Crippen molar-refractivity contribution in [2.75, 3.05) is 5.32 Å². The maximum absolute atomic E-state index is 12.2. The van der Waals surface area contributed by atoms with Crippen molar-refractivity contribution in [3.63, 3.8) is 0 Å². The highest BCUT2D eigenvalue weighted by Crippen LogP contribution is 2.24. The van der Waals surface area contributed by atoms with Gasteiger partial charge >= 0.3 is 0 Å². The molecule has 2 aromatic carbocycles. The Morgan fingerprint density at radius 2 is 1.71 bits per heavy atom. The Morgan fingerprint density at radius 3 is 2.29 bits per heavy atom. The lowest BCUT2D eigenvalue weighted by Crippen LogP contribution is -2.30. The number of rotatable bonds is 6. The molecule has 0 spiro atoms. The van der Waals surface area contributed by atoms with Crippen molar-refractivity contribution in [3.8, 4) is 0 Å². The molecule has 2 N–H and O–H groups in total. The number of thioether (sulfide) groups is 1. The molecular weight excluding hydrogens is 344 g/mol. The van der Waals surface area contributed by atoms with E-state index in [9.17, 15) is 9.59 Å². The highest BCUT2D eigenvalue weighted by Gasteiger charge is 2.14. The summed E-state index contributed by atoms with van der Waals surface area (Å²) < 4.78 is 0. The van der Waals surface area contributed by atoms with E-state index in [0.717, 1.165) is 16.1 Å². The quantitative estimate of drug-likeness (QED) is 0.761. The molecule has 2 amide bonds. The molecule has 0 aliphatic rings. The molecule has 0 aliphatic carbocycles. The van der Waals surface area contributed by atoms with E-state index in [2.05, 4.69) is 10.6 Å². The van der Waals surface area contributed by atoms with Crippen LogP contribution in [0.4, 0.5) is 5.69 Å². The second-order valence-corrected chi connectivity index (χ2v) is 7.16. The van der Waals surface area contributed by atoms with Crippen LogP contribution in [0.2, 0.25) is 5.02 Å². The van der Waals surface area contributed by atoms with E-state index in [1.807, 2.05) is 55.5 Å². The fourth-order valence-corrected chi connectivity index (χ4v) is 3.03. The fraction of sp³-hybridized carbons (Fsp3) is 0.222. The van der Waals surface area contributed by atoms with Gasteiger partial charge in [-0.2, -0.15) is 0 Å². The summed E-state index contributed by atoms with van der Waals surface area (Å²) in [5.74, 6) is -0.134. The molecule has 1 unspecified atom stereocenters. The molecule has 0 aliphatic heterocycles. The zero-order valence-corrected chi connectivity index (χ0v) is 15.1. The molecule has 1 atom stereocenters. The van der Waals surface area contributed by atoms with Crippen molar-refractivity contribution in [1.82, 2.24) is 5.32 Å².